The number of aliphatic hydroxyl groups is 1. The number of rotatable bonds is 3. The third-order valence-corrected chi connectivity index (χ3v) is 1.88. The minimum absolute atomic E-state index is 0.496. The monoisotopic (exact) mass is 194 g/mol. The first-order chi connectivity index (χ1) is 6.39. The third kappa shape index (κ3) is 3.07. The number of nitrogens with zero attached hydrogens (tertiary/aromatic N) is 2. The highest BCUT2D eigenvalue weighted by Gasteiger charge is 2.19. The second-order valence-corrected chi connectivity index (χ2v) is 4.53. The van der Waals surface area contributed by atoms with E-state index in [4.69, 9.17) is 0 Å². The first kappa shape index (κ1) is 11.1. The molecule has 1 N–H and O–H groups in total. The van der Waals surface area contributed by atoms with Crippen molar-refractivity contribution >= 4 is 0 Å². The van der Waals surface area contributed by atoms with Crippen molar-refractivity contribution in [3.63, 3.8) is 0 Å². The number of aromatic nitrogens is 2. The third-order valence-electron chi connectivity index (χ3n) is 1.88. The van der Waals surface area contributed by atoms with Crippen molar-refractivity contribution in [2.75, 3.05) is 0 Å². The fourth-order valence-corrected chi connectivity index (χ4v) is 1.22. The molecular formula is C11H18N2O. The van der Waals surface area contributed by atoms with Crippen molar-refractivity contribution in [3.05, 3.63) is 23.8 Å². The Kier molecular flexibility index (Phi) is 3.21. The summed E-state index contributed by atoms with van der Waals surface area (Å²) < 4.78 is 0. The molecule has 0 bridgehead atoms. The summed E-state index contributed by atoms with van der Waals surface area (Å²) in [5, 5.41) is 9.72. The minimum atomic E-state index is -0.951. The van der Waals surface area contributed by atoms with E-state index >= 15 is 0 Å². The van der Waals surface area contributed by atoms with Gasteiger partial charge < -0.3 is 5.11 Å². The highest BCUT2D eigenvalue weighted by atomic mass is 16.3. The Morgan fingerprint density at radius 2 is 2.07 bits per heavy atom. The molecule has 0 atom stereocenters. The van der Waals surface area contributed by atoms with Gasteiger partial charge in [0.2, 0.25) is 0 Å². The van der Waals surface area contributed by atoms with Gasteiger partial charge in [0, 0.05) is 11.9 Å². The lowest BCUT2D eigenvalue weighted by Crippen LogP contribution is -2.20. The molecule has 0 aliphatic rings. The van der Waals surface area contributed by atoms with Crippen LogP contribution < -0.4 is 0 Å². The van der Waals surface area contributed by atoms with Gasteiger partial charge >= 0.3 is 0 Å². The largest absolute Gasteiger partial charge is 0.382 e. The van der Waals surface area contributed by atoms with Gasteiger partial charge in [0.25, 0.3) is 0 Å². The van der Waals surface area contributed by atoms with Crippen molar-refractivity contribution in [1.82, 2.24) is 9.97 Å². The fraction of sp³-hybridized carbons (Fsp3) is 0.636. The predicted octanol–water partition coefficient (Wildman–Crippen LogP) is 1.90. The molecule has 0 saturated carbocycles. The second-order valence-electron chi connectivity index (χ2n) is 4.53. The van der Waals surface area contributed by atoms with E-state index in [0.717, 1.165) is 12.1 Å². The van der Waals surface area contributed by atoms with Gasteiger partial charge in [0.15, 0.2) is 5.82 Å². The van der Waals surface area contributed by atoms with Crippen LogP contribution in [0.4, 0.5) is 0 Å². The van der Waals surface area contributed by atoms with E-state index < -0.39 is 5.60 Å². The van der Waals surface area contributed by atoms with Gasteiger partial charge in [-0.2, -0.15) is 0 Å². The Balaban J connectivity index is 2.90. The molecule has 0 saturated heterocycles. The molecule has 0 fully saturated rings. The van der Waals surface area contributed by atoms with Gasteiger partial charge in [-0.15, -0.1) is 0 Å². The Morgan fingerprint density at radius 1 is 1.43 bits per heavy atom. The molecular weight excluding hydrogens is 176 g/mol. The molecule has 1 aromatic rings. The van der Waals surface area contributed by atoms with E-state index in [2.05, 4.69) is 23.8 Å². The summed E-state index contributed by atoms with van der Waals surface area (Å²) in [6.07, 6.45) is 2.63. The van der Waals surface area contributed by atoms with E-state index in [9.17, 15) is 5.11 Å². The van der Waals surface area contributed by atoms with Crippen LogP contribution >= 0.6 is 0 Å². The summed E-state index contributed by atoms with van der Waals surface area (Å²) in [5.74, 6) is 1.07. The first-order valence-electron chi connectivity index (χ1n) is 4.94. The second kappa shape index (κ2) is 4.05. The maximum absolute atomic E-state index is 9.72. The Hall–Kier alpha value is -0.960. The van der Waals surface area contributed by atoms with E-state index in [0.29, 0.717) is 11.7 Å². The number of hydrogen-bond acceptors (Lipinski definition) is 3. The standard InChI is InChI=1S/C11H18N2O/c1-8(2)7-9-5-6-12-10(13-9)11(3,4)14/h5-6,8,14H,7H2,1-4H3. The van der Waals surface area contributed by atoms with Crippen LogP contribution in [0.1, 0.15) is 39.2 Å². The summed E-state index contributed by atoms with van der Waals surface area (Å²) in [6.45, 7) is 7.68. The SMILES string of the molecule is CC(C)Cc1ccnc(C(C)(C)O)n1. The zero-order chi connectivity index (χ0) is 10.8. The van der Waals surface area contributed by atoms with Crippen LogP contribution in [0, 0.1) is 5.92 Å². The quantitative estimate of drug-likeness (QED) is 0.799. The van der Waals surface area contributed by atoms with Gasteiger partial charge in [0.1, 0.15) is 5.60 Å². The zero-order valence-electron chi connectivity index (χ0n) is 9.28. The summed E-state index contributed by atoms with van der Waals surface area (Å²) >= 11 is 0. The Bertz CT molecular complexity index is 302. The summed E-state index contributed by atoms with van der Waals surface area (Å²) in [4.78, 5) is 8.38. The average molecular weight is 194 g/mol. The molecule has 0 aliphatic carbocycles. The van der Waals surface area contributed by atoms with Crippen LogP contribution in [0.3, 0.4) is 0 Å². The fourth-order valence-electron chi connectivity index (χ4n) is 1.22. The van der Waals surface area contributed by atoms with Crippen molar-refractivity contribution < 1.29 is 5.11 Å². The molecule has 14 heavy (non-hydrogen) atoms. The van der Waals surface area contributed by atoms with Gasteiger partial charge in [-0.05, 0) is 32.3 Å². The van der Waals surface area contributed by atoms with E-state index in [1.807, 2.05) is 6.07 Å². The van der Waals surface area contributed by atoms with E-state index in [-0.39, 0.29) is 0 Å². The lowest BCUT2D eigenvalue weighted by molar-refractivity contribution is 0.0684. The molecule has 0 spiro atoms. The van der Waals surface area contributed by atoms with Crippen LogP contribution in [0.2, 0.25) is 0 Å². The van der Waals surface area contributed by atoms with Gasteiger partial charge in [0.05, 0.1) is 0 Å². The smallest absolute Gasteiger partial charge is 0.159 e. The molecule has 0 aliphatic heterocycles. The maximum Gasteiger partial charge on any atom is 0.159 e. The molecule has 3 nitrogen and oxygen atoms in total. The minimum Gasteiger partial charge on any atom is -0.382 e. The van der Waals surface area contributed by atoms with Gasteiger partial charge in [-0.3, -0.25) is 0 Å². The lowest BCUT2D eigenvalue weighted by atomic mass is 10.1. The highest BCUT2D eigenvalue weighted by molar-refractivity contribution is 5.06. The molecule has 1 aromatic heterocycles. The summed E-state index contributed by atoms with van der Waals surface area (Å²) in [6, 6.07) is 1.90. The molecule has 0 aromatic carbocycles. The zero-order valence-corrected chi connectivity index (χ0v) is 9.28. The van der Waals surface area contributed by atoms with E-state index in [1.165, 1.54) is 0 Å². The average Bonchev–Trinajstić information content (AvgIpc) is 2.01. The van der Waals surface area contributed by atoms with Gasteiger partial charge in [-0.1, -0.05) is 13.8 Å². The van der Waals surface area contributed by atoms with Crippen LogP contribution in [0.15, 0.2) is 12.3 Å². The molecule has 78 valence electrons. The maximum atomic E-state index is 9.72. The lowest BCUT2D eigenvalue weighted by Gasteiger charge is -2.16. The van der Waals surface area contributed by atoms with Crippen molar-refractivity contribution in [2.45, 2.75) is 39.7 Å². The molecule has 1 rings (SSSR count). The molecule has 0 amide bonds. The van der Waals surface area contributed by atoms with Crippen LogP contribution in [0.25, 0.3) is 0 Å². The molecule has 0 unspecified atom stereocenters. The highest BCUT2D eigenvalue weighted by Crippen LogP contribution is 2.15. The predicted molar refractivity (Wildman–Crippen MR) is 55.8 cm³/mol. The molecule has 0 radical (unpaired) electrons. The van der Waals surface area contributed by atoms with Crippen LogP contribution in [-0.4, -0.2) is 15.1 Å². The molecule has 3 heteroatoms. The van der Waals surface area contributed by atoms with Gasteiger partial charge in [-0.25, -0.2) is 9.97 Å². The number of hydrogen-bond donors (Lipinski definition) is 1. The summed E-state index contributed by atoms with van der Waals surface area (Å²) in [7, 11) is 0. The van der Waals surface area contributed by atoms with Crippen LogP contribution in [0.5, 0.6) is 0 Å². The summed E-state index contributed by atoms with van der Waals surface area (Å²) in [5.41, 5.74) is 0.0413. The molecule has 1 heterocycles. The van der Waals surface area contributed by atoms with Crippen molar-refractivity contribution in [3.8, 4) is 0 Å². The van der Waals surface area contributed by atoms with E-state index in [1.54, 1.807) is 20.0 Å². The Morgan fingerprint density at radius 3 is 2.57 bits per heavy atom. The van der Waals surface area contributed by atoms with Crippen molar-refractivity contribution in [1.29, 1.82) is 0 Å². The Labute approximate surface area is 85.2 Å². The topological polar surface area (TPSA) is 46.0 Å². The normalized spacial score (nSPS) is 12.1. The first-order valence-corrected chi connectivity index (χ1v) is 4.94. The van der Waals surface area contributed by atoms with Crippen LogP contribution in [-0.2, 0) is 12.0 Å². The van der Waals surface area contributed by atoms with Crippen molar-refractivity contribution in [2.24, 2.45) is 5.92 Å².